The number of hydrogen-bond acceptors (Lipinski definition) is 3. The summed E-state index contributed by atoms with van der Waals surface area (Å²) in [6, 6.07) is 5.35. The number of hydrogen-bond donors (Lipinski definition) is 0. The van der Waals surface area contributed by atoms with E-state index in [2.05, 4.69) is 22.5 Å². The topological polar surface area (TPSA) is 38.8 Å². The molecule has 104 valence electrons. The van der Waals surface area contributed by atoms with E-state index in [-0.39, 0.29) is 5.91 Å². The molecule has 0 radical (unpaired) electrons. The minimum absolute atomic E-state index is 0.102. The van der Waals surface area contributed by atoms with Crippen molar-refractivity contribution < 1.29 is 14.3 Å². The Morgan fingerprint density at radius 1 is 1.47 bits per heavy atom. The first kappa shape index (κ1) is 15.7. The van der Waals surface area contributed by atoms with Gasteiger partial charge in [-0.3, -0.25) is 4.79 Å². The van der Waals surface area contributed by atoms with Gasteiger partial charge in [0.05, 0.1) is 19.3 Å². The van der Waals surface area contributed by atoms with Gasteiger partial charge < -0.3 is 14.4 Å². The van der Waals surface area contributed by atoms with Crippen LogP contribution in [-0.2, 0) is 4.74 Å². The third kappa shape index (κ3) is 4.36. The molecule has 0 aliphatic heterocycles. The van der Waals surface area contributed by atoms with Crippen LogP contribution in [0, 0.1) is 0 Å². The largest absolute Gasteiger partial charge is 0.496 e. The van der Waals surface area contributed by atoms with E-state index in [1.165, 1.54) is 0 Å². The maximum Gasteiger partial charge on any atom is 0.258 e. The van der Waals surface area contributed by atoms with Gasteiger partial charge in [-0.2, -0.15) is 0 Å². The number of halogens is 1. The lowest BCUT2D eigenvalue weighted by molar-refractivity contribution is 0.0715. The summed E-state index contributed by atoms with van der Waals surface area (Å²) < 4.78 is 11.1. The SMILES string of the molecule is C=CCN(CCOC)C(=O)c1cc(Br)ccc1OC. The number of rotatable bonds is 7. The van der Waals surface area contributed by atoms with Crippen LogP contribution in [0.3, 0.4) is 0 Å². The second-order valence-corrected chi connectivity index (χ2v) is 4.79. The van der Waals surface area contributed by atoms with Crippen LogP contribution in [-0.4, -0.2) is 44.7 Å². The lowest BCUT2D eigenvalue weighted by atomic mass is 10.1. The Kier molecular flexibility index (Phi) is 6.59. The highest BCUT2D eigenvalue weighted by atomic mass is 79.9. The summed E-state index contributed by atoms with van der Waals surface area (Å²) >= 11 is 3.36. The molecule has 1 amide bonds. The fourth-order valence-electron chi connectivity index (χ4n) is 1.65. The Morgan fingerprint density at radius 2 is 2.21 bits per heavy atom. The molecule has 1 aromatic rings. The summed E-state index contributed by atoms with van der Waals surface area (Å²) in [5.74, 6) is 0.453. The fourth-order valence-corrected chi connectivity index (χ4v) is 2.01. The third-order valence-corrected chi connectivity index (χ3v) is 3.09. The van der Waals surface area contributed by atoms with Crippen molar-refractivity contribution >= 4 is 21.8 Å². The van der Waals surface area contributed by atoms with Crippen molar-refractivity contribution in [3.63, 3.8) is 0 Å². The zero-order chi connectivity index (χ0) is 14.3. The van der Waals surface area contributed by atoms with Crippen LogP contribution in [0.2, 0.25) is 0 Å². The number of carbonyl (C=O) groups excluding carboxylic acids is 1. The van der Waals surface area contributed by atoms with Gasteiger partial charge in [-0.1, -0.05) is 22.0 Å². The molecule has 0 aliphatic rings. The van der Waals surface area contributed by atoms with Crippen LogP contribution in [0.5, 0.6) is 5.75 Å². The standard InChI is InChI=1S/C14H18BrNO3/c1-4-7-16(8-9-18-2)14(17)12-10-11(15)5-6-13(12)19-3/h4-6,10H,1,7-9H2,2-3H3. The van der Waals surface area contributed by atoms with E-state index in [1.807, 2.05) is 6.07 Å². The maximum atomic E-state index is 12.5. The summed E-state index contributed by atoms with van der Waals surface area (Å²) in [6.07, 6.45) is 1.69. The van der Waals surface area contributed by atoms with Gasteiger partial charge in [0.1, 0.15) is 5.75 Å². The molecule has 0 aliphatic carbocycles. The van der Waals surface area contributed by atoms with Gasteiger partial charge in [-0.15, -0.1) is 6.58 Å². The number of nitrogens with zero attached hydrogens (tertiary/aromatic N) is 1. The van der Waals surface area contributed by atoms with Crippen molar-refractivity contribution in [3.05, 3.63) is 40.9 Å². The van der Waals surface area contributed by atoms with Crippen LogP contribution in [0.4, 0.5) is 0 Å². The monoisotopic (exact) mass is 327 g/mol. The molecule has 0 fully saturated rings. The Hall–Kier alpha value is -1.33. The van der Waals surface area contributed by atoms with Crippen molar-refractivity contribution in [1.82, 2.24) is 4.90 Å². The molecule has 19 heavy (non-hydrogen) atoms. The Balaban J connectivity index is 3.00. The first-order valence-corrected chi connectivity index (χ1v) is 6.66. The number of carbonyl (C=O) groups is 1. The first-order chi connectivity index (χ1) is 9.13. The molecule has 1 rings (SSSR count). The maximum absolute atomic E-state index is 12.5. The molecule has 1 aromatic carbocycles. The molecule has 0 N–H and O–H groups in total. The van der Waals surface area contributed by atoms with Gasteiger partial charge in [0, 0.05) is 24.7 Å². The van der Waals surface area contributed by atoms with E-state index in [1.54, 1.807) is 37.3 Å². The molecule has 0 heterocycles. The zero-order valence-corrected chi connectivity index (χ0v) is 12.8. The van der Waals surface area contributed by atoms with Gasteiger partial charge in [-0.05, 0) is 18.2 Å². The van der Waals surface area contributed by atoms with Gasteiger partial charge >= 0.3 is 0 Å². The first-order valence-electron chi connectivity index (χ1n) is 5.86. The molecule has 4 nitrogen and oxygen atoms in total. The quantitative estimate of drug-likeness (QED) is 0.723. The average Bonchev–Trinajstić information content (AvgIpc) is 2.42. The summed E-state index contributed by atoms with van der Waals surface area (Å²) in [5, 5.41) is 0. The van der Waals surface area contributed by atoms with Crippen LogP contribution in [0.1, 0.15) is 10.4 Å². The summed E-state index contributed by atoms with van der Waals surface area (Å²) in [6.45, 7) is 5.13. The highest BCUT2D eigenvalue weighted by Gasteiger charge is 2.18. The van der Waals surface area contributed by atoms with Gasteiger partial charge in [0.15, 0.2) is 0 Å². The van der Waals surface area contributed by atoms with Crippen molar-refractivity contribution in [1.29, 1.82) is 0 Å². The summed E-state index contributed by atoms with van der Waals surface area (Å²) in [5.41, 5.74) is 0.523. The predicted molar refractivity (Wildman–Crippen MR) is 78.7 cm³/mol. The second kappa shape index (κ2) is 7.96. The summed E-state index contributed by atoms with van der Waals surface area (Å²) in [4.78, 5) is 14.2. The average molecular weight is 328 g/mol. The molecule has 0 spiro atoms. The zero-order valence-electron chi connectivity index (χ0n) is 11.2. The van der Waals surface area contributed by atoms with Crippen LogP contribution in [0.15, 0.2) is 35.3 Å². The second-order valence-electron chi connectivity index (χ2n) is 3.88. The van der Waals surface area contributed by atoms with Crippen LogP contribution in [0.25, 0.3) is 0 Å². The molecule has 0 aromatic heterocycles. The van der Waals surface area contributed by atoms with E-state index in [4.69, 9.17) is 9.47 Å². The smallest absolute Gasteiger partial charge is 0.258 e. The minimum Gasteiger partial charge on any atom is -0.496 e. The van der Waals surface area contributed by atoms with Crippen molar-refractivity contribution in [3.8, 4) is 5.75 Å². The highest BCUT2D eigenvalue weighted by Crippen LogP contribution is 2.24. The van der Waals surface area contributed by atoms with E-state index < -0.39 is 0 Å². The Labute approximate surface area is 122 Å². The van der Waals surface area contributed by atoms with E-state index in [0.717, 1.165) is 4.47 Å². The van der Waals surface area contributed by atoms with Crippen LogP contribution >= 0.6 is 15.9 Å². The number of amides is 1. The number of methoxy groups -OCH3 is 2. The Morgan fingerprint density at radius 3 is 2.79 bits per heavy atom. The molecule has 0 unspecified atom stereocenters. The molecular weight excluding hydrogens is 310 g/mol. The van der Waals surface area contributed by atoms with Gasteiger partial charge in [-0.25, -0.2) is 0 Å². The van der Waals surface area contributed by atoms with E-state index in [9.17, 15) is 4.79 Å². The predicted octanol–water partition coefficient (Wildman–Crippen LogP) is 2.73. The molecule has 0 atom stereocenters. The minimum atomic E-state index is -0.102. The third-order valence-electron chi connectivity index (χ3n) is 2.59. The van der Waals surface area contributed by atoms with Crippen molar-refractivity contribution in [2.24, 2.45) is 0 Å². The fraction of sp³-hybridized carbons (Fsp3) is 0.357. The molecule has 0 bridgehead atoms. The van der Waals surface area contributed by atoms with Gasteiger partial charge in [0.25, 0.3) is 5.91 Å². The number of ether oxygens (including phenoxy) is 2. The highest BCUT2D eigenvalue weighted by molar-refractivity contribution is 9.10. The molecule has 0 saturated heterocycles. The lowest BCUT2D eigenvalue weighted by Crippen LogP contribution is -2.34. The molecule has 0 saturated carbocycles. The Bertz CT molecular complexity index is 448. The molecule has 5 heteroatoms. The number of benzene rings is 1. The van der Waals surface area contributed by atoms with Crippen molar-refractivity contribution in [2.45, 2.75) is 0 Å². The van der Waals surface area contributed by atoms with Crippen molar-refractivity contribution in [2.75, 3.05) is 33.9 Å². The normalized spacial score (nSPS) is 10.1. The molecular formula is C14H18BrNO3. The van der Waals surface area contributed by atoms with Crippen LogP contribution < -0.4 is 4.74 Å². The van der Waals surface area contributed by atoms with Gasteiger partial charge in [0.2, 0.25) is 0 Å². The lowest BCUT2D eigenvalue weighted by Gasteiger charge is -2.22. The summed E-state index contributed by atoms with van der Waals surface area (Å²) in [7, 11) is 3.16. The van der Waals surface area contributed by atoms with E-state index >= 15 is 0 Å². The van der Waals surface area contributed by atoms with E-state index in [0.29, 0.717) is 31.0 Å².